The molecule has 0 saturated carbocycles. The van der Waals surface area contributed by atoms with Crippen LogP contribution in [0.25, 0.3) is 5.65 Å². The molecule has 0 spiro atoms. The molecule has 0 aliphatic carbocycles. The van der Waals surface area contributed by atoms with Crippen molar-refractivity contribution in [3.8, 4) is 0 Å². The topological polar surface area (TPSA) is 76.4 Å². The molecule has 1 atom stereocenters. The van der Waals surface area contributed by atoms with E-state index < -0.39 is 0 Å². The molecule has 0 radical (unpaired) electrons. The Hall–Kier alpha value is -2.67. The Kier molecular flexibility index (Phi) is 6.81. The number of thioether (sulfide) groups is 1. The molecule has 0 fully saturated rings. The van der Waals surface area contributed by atoms with Gasteiger partial charge in [0.1, 0.15) is 0 Å². The zero-order valence-electron chi connectivity index (χ0n) is 16.1. The fraction of sp³-hybridized carbons (Fsp3) is 0.333. The molecule has 0 aliphatic rings. The number of amides is 1. The van der Waals surface area contributed by atoms with Crippen LogP contribution in [0.3, 0.4) is 0 Å². The highest BCUT2D eigenvalue weighted by atomic mass is 32.2. The summed E-state index contributed by atoms with van der Waals surface area (Å²) in [6.07, 6.45) is 5.00. The van der Waals surface area contributed by atoms with Gasteiger partial charge in [-0.3, -0.25) is 14.0 Å². The largest absolute Gasteiger partial charge is 0.346 e. The molecule has 146 valence electrons. The highest BCUT2D eigenvalue weighted by molar-refractivity contribution is 7.98. The van der Waals surface area contributed by atoms with Crippen molar-refractivity contribution in [1.82, 2.24) is 19.9 Å². The third-order valence-corrected chi connectivity index (χ3v) is 5.19. The van der Waals surface area contributed by atoms with Gasteiger partial charge >= 0.3 is 0 Å². The lowest BCUT2D eigenvalue weighted by Crippen LogP contribution is -2.30. The van der Waals surface area contributed by atoms with Gasteiger partial charge in [0.05, 0.1) is 6.04 Å². The van der Waals surface area contributed by atoms with E-state index in [1.54, 1.807) is 23.9 Å². The molecule has 3 rings (SSSR count). The summed E-state index contributed by atoms with van der Waals surface area (Å²) in [5.74, 6) is 1.42. The van der Waals surface area contributed by atoms with Crippen LogP contribution in [-0.2, 0) is 4.79 Å². The molecule has 0 aliphatic heterocycles. The number of fused-ring (bicyclic) bond motifs is 1. The summed E-state index contributed by atoms with van der Waals surface area (Å²) in [6, 6.07) is 12.9. The lowest BCUT2D eigenvalue weighted by Gasteiger charge is -2.17. The lowest BCUT2D eigenvalue weighted by molar-refractivity contribution is -0.121. The zero-order valence-corrected chi connectivity index (χ0v) is 16.9. The fourth-order valence-electron chi connectivity index (χ4n) is 2.98. The minimum Gasteiger partial charge on any atom is -0.346 e. The number of ketones is 1. The van der Waals surface area contributed by atoms with Gasteiger partial charge in [-0.15, -0.1) is 10.2 Å². The van der Waals surface area contributed by atoms with Gasteiger partial charge in [0.25, 0.3) is 0 Å². The predicted octanol–water partition coefficient (Wildman–Crippen LogP) is 3.61. The molecule has 6 nitrogen and oxygen atoms in total. The number of hydrogen-bond donors (Lipinski definition) is 1. The molecule has 0 bridgehead atoms. The molecule has 28 heavy (non-hydrogen) atoms. The van der Waals surface area contributed by atoms with Crippen LogP contribution in [0, 0.1) is 6.92 Å². The molecule has 1 N–H and O–H groups in total. The van der Waals surface area contributed by atoms with Crippen molar-refractivity contribution in [3.63, 3.8) is 0 Å². The molecule has 7 heteroatoms. The molecule has 3 aromatic rings. The van der Waals surface area contributed by atoms with Crippen LogP contribution >= 0.6 is 11.8 Å². The van der Waals surface area contributed by atoms with Gasteiger partial charge in [-0.2, -0.15) is 11.8 Å². The molecule has 0 saturated heterocycles. The molecule has 1 aromatic carbocycles. The Morgan fingerprint density at radius 3 is 2.64 bits per heavy atom. The van der Waals surface area contributed by atoms with Crippen LogP contribution < -0.4 is 5.32 Å². The first-order valence-corrected chi connectivity index (χ1v) is 10.7. The number of carbonyl (C=O) groups is 2. The van der Waals surface area contributed by atoms with Gasteiger partial charge in [-0.25, -0.2) is 0 Å². The highest BCUT2D eigenvalue weighted by Gasteiger charge is 2.20. The molecular weight excluding hydrogens is 372 g/mol. The van der Waals surface area contributed by atoms with Crippen molar-refractivity contribution >= 4 is 29.1 Å². The number of carbonyl (C=O) groups excluding carboxylic acids is 2. The summed E-state index contributed by atoms with van der Waals surface area (Å²) in [5, 5.41) is 11.5. The number of aryl methyl sites for hydroxylation is 1. The van der Waals surface area contributed by atoms with Crippen LogP contribution in [0.15, 0.2) is 48.7 Å². The normalized spacial score (nSPS) is 12.1. The van der Waals surface area contributed by atoms with Gasteiger partial charge in [-0.1, -0.05) is 35.9 Å². The first-order valence-electron chi connectivity index (χ1n) is 9.26. The maximum atomic E-state index is 12.5. The second kappa shape index (κ2) is 9.50. The first kappa shape index (κ1) is 20.1. The molecule has 2 aromatic heterocycles. The lowest BCUT2D eigenvalue weighted by atomic mass is 10.0. The van der Waals surface area contributed by atoms with Gasteiger partial charge in [0.2, 0.25) is 5.91 Å². The number of nitrogens with zero attached hydrogens (tertiary/aromatic N) is 3. The number of aromatic nitrogens is 3. The number of Topliss-reactive ketones (excluding diaryl/α,β-unsaturated/α-hetero) is 1. The average Bonchev–Trinajstić information content (AvgIpc) is 3.14. The zero-order chi connectivity index (χ0) is 19.9. The van der Waals surface area contributed by atoms with Crippen LogP contribution in [0.1, 0.15) is 47.1 Å². The van der Waals surface area contributed by atoms with Gasteiger partial charge in [-0.05, 0) is 37.5 Å². The third-order valence-electron chi connectivity index (χ3n) is 4.55. The Morgan fingerprint density at radius 1 is 1.11 bits per heavy atom. The first-order chi connectivity index (χ1) is 13.6. The van der Waals surface area contributed by atoms with E-state index in [1.807, 2.05) is 54.1 Å². The number of rotatable bonds is 9. The average molecular weight is 397 g/mol. The van der Waals surface area contributed by atoms with E-state index in [0.29, 0.717) is 11.4 Å². The molecular formula is C21H24N4O2S. The van der Waals surface area contributed by atoms with Gasteiger partial charge in [0.15, 0.2) is 17.3 Å². The summed E-state index contributed by atoms with van der Waals surface area (Å²) in [7, 11) is 0. The molecule has 1 amide bonds. The maximum absolute atomic E-state index is 12.5. The quantitative estimate of drug-likeness (QED) is 0.559. The van der Waals surface area contributed by atoms with Gasteiger partial charge < -0.3 is 5.32 Å². The minimum absolute atomic E-state index is 0.0243. The molecule has 1 unspecified atom stereocenters. The van der Waals surface area contributed by atoms with Gasteiger partial charge in [0, 0.05) is 24.6 Å². The van der Waals surface area contributed by atoms with Crippen molar-refractivity contribution in [3.05, 3.63) is 65.6 Å². The summed E-state index contributed by atoms with van der Waals surface area (Å²) in [5.41, 5.74) is 2.49. The van der Waals surface area contributed by atoms with Crippen molar-refractivity contribution in [2.24, 2.45) is 0 Å². The minimum atomic E-state index is -0.244. The Labute approximate surface area is 168 Å². The van der Waals surface area contributed by atoms with E-state index in [2.05, 4.69) is 15.5 Å². The number of hydrogen-bond acceptors (Lipinski definition) is 5. The SMILES string of the molecule is CSCCC(NC(=O)CCC(=O)c1ccc(C)cc1)c1nnc2ccccn12. The fourth-order valence-corrected chi connectivity index (χ4v) is 3.45. The van der Waals surface area contributed by atoms with E-state index >= 15 is 0 Å². The standard InChI is InChI=1S/C21H24N4O2S/c1-15-6-8-16(9-7-15)18(26)10-11-20(27)22-17(12-14-28-2)21-24-23-19-5-3-4-13-25(19)21/h3-9,13,17H,10-12,14H2,1-2H3,(H,22,27). The number of pyridine rings is 1. The monoisotopic (exact) mass is 396 g/mol. The van der Waals surface area contributed by atoms with E-state index in [4.69, 9.17) is 0 Å². The smallest absolute Gasteiger partial charge is 0.221 e. The Morgan fingerprint density at radius 2 is 1.89 bits per heavy atom. The number of benzene rings is 1. The van der Waals surface area contributed by atoms with Crippen molar-refractivity contribution in [1.29, 1.82) is 0 Å². The maximum Gasteiger partial charge on any atom is 0.221 e. The van der Waals surface area contributed by atoms with E-state index in [9.17, 15) is 9.59 Å². The van der Waals surface area contributed by atoms with Crippen LogP contribution in [-0.4, -0.2) is 38.3 Å². The summed E-state index contributed by atoms with van der Waals surface area (Å²) >= 11 is 1.71. The summed E-state index contributed by atoms with van der Waals surface area (Å²) < 4.78 is 1.89. The summed E-state index contributed by atoms with van der Waals surface area (Å²) in [6.45, 7) is 1.98. The van der Waals surface area contributed by atoms with Crippen LogP contribution in [0.5, 0.6) is 0 Å². The van der Waals surface area contributed by atoms with E-state index in [-0.39, 0.29) is 30.6 Å². The van der Waals surface area contributed by atoms with E-state index in [1.165, 1.54) is 0 Å². The molecule has 2 heterocycles. The highest BCUT2D eigenvalue weighted by Crippen LogP contribution is 2.18. The number of nitrogens with one attached hydrogen (secondary N) is 1. The van der Waals surface area contributed by atoms with Crippen LogP contribution in [0.4, 0.5) is 0 Å². The third kappa shape index (κ3) is 4.98. The van der Waals surface area contributed by atoms with Crippen molar-refractivity contribution in [2.75, 3.05) is 12.0 Å². The van der Waals surface area contributed by atoms with E-state index in [0.717, 1.165) is 23.4 Å². The predicted molar refractivity (Wildman–Crippen MR) is 112 cm³/mol. The summed E-state index contributed by atoms with van der Waals surface area (Å²) in [4.78, 5) is 24.8. The van der Waals surface area contributed by atoms with Crippen LogP contribution in [0.2, 0.25) is 0 Å². The second-order valence-corrected chi connectivity index (χ2v) is 7.66. The van der Waals surface area contributed by atoms with Crippen molar-refractivity contribution < 1.29 is 9.59 Å². The Balaban J connectivity index is 1.64. The second-order valence-electron chi connectivity index (χ2n) is 6.68. The Bertz CT molecular complexity index is 952. The van der Waals surface area contributed by atoms with Crippen molar-refractivity contribution in [2.45, 2.75) is 32.2 Å².